The summed E-state index contributed by atoms with van der Waals surface area (Å²) in [6.07, 6.45) is 4.42. The molecular weight excluding hydrogens is 387 g/mol. The van der Waals surface area contributed by atoms with Crippen molar-refractivity contribution in [2.75, 3.05) is 18.5 Å². The van der Waals surface area contributed by atoms with E-state index in [-0.39, 0.29) is 18.1 Å². The van der Waals surface area contributed by atoms with Crippen molar-refractivity contribution in [2.24, 2.45) is 0 Å². The van der Waals surface area contributed by atoms with Gasteiger partial charge in [0.2, 0.25) is 5.95 Å². The van der Waals surface area contributed by atoms with Gasteiger partial charge in [-0.3, -0.25) is 5.32 Å². The molecule has 1 aromatic carbocycles. The van der Waals surface area contributed by atoms with Gasteiger partial charge in [0.1, 0.15) is 11.6 Å². The van der Waals surface area contributed by atoms with Gasteiger partial charge in [-0.2, -0.15) is 0 Å². The number of hydrogen-bond acceptors (Lipinski definition) is 5. The number of hydrogen-bond donors (Lipinski definition) is 3. The van der Waals surface area contributed by atoms with E-state index in [4.69, 9.17) is 4.74 Å². The Kier molecular flexibility index (Phi) is 5.63. The fraction of sp³-hybridized carbons (Fsp3) is 0.381. The Hall–Kier alpha value is -3.07. The maximum absolute atomic E-state index is 15.7. The van der Waals surface area contributed by atoms with E-state index in [1.807, 2.05) is 20.8 Å². The van der Waals surface area contributed by atoms with Crippen molar-refractivity contribution >= 4 is 23.0 Å². The first-order valence-electron chi connectivity index (χ1n) is 9.99. The van der Waals surface area contributed by atoms with Crippen molar-refractivity contribution in [3.63, 3.8) is 0 Å². The van der Waals surface area contributed by atoms with E-state index in [0.717, 1.165) is 12.3 Å². The third kappa shape index (κ3) is 3.85. The van der Waals surface area contributed by atoms with Crippen LogP contribution in [-0.2, 0) is 4.74 Å². The Morgan fingerprint density at radius 2 is 2.10 bits per heavy atom. The highest BCUT2D eigenvalue weighted by molar-refractivity contribution is 5.92. The number of nitrogens with one attached hydrogen (secondary N) is 3. The summed E-state index contributed by atoms with van der Waals surface area (Å²) >= 11 is 0. The maximum atomic E-state index is 15.7. The number of nitrogens with zero attached hydrogens (tertiary/aromatic N) is 3. The second-order valence-electron chi connectivity index (χ2n) is 7.41. The normalized spacial score (nSPS) is 16.4. The smallest absolute Gasteiger partial charge is 0.321 e. The number of imidazole rings is 1. The van der Waals surface area contributed by atoms with Crippen molar-refractivity contribution in [3.8, 4) is 11.1 Å². The average Bonchev–Trinajstić information content (AvgIpc) is 3.37. The Morgan fingerprint density at radius 1 is 1.33 bits per heavy atom. The summed E-state index contributed by atoms with van der Waals surface area (Å²) in [4.78, 5) is 28.0. The van der Waals surface area contributed by atoms with Gasteiger partial charge >= 0.3 is 6.03 Å². The van der Waals surface area contributed by atoms with Gasteiger partial charge in [-0.1, -0.05) is 13.8 Å². The Bertz CT molecular complexity index is 1060. The summed E-state index contributed by atoms with van der Waals surface area (Å²) in [6, 6.07) is 1.26. The van der Waals surface area contributed by atoms with E-state index < -0.39 is 5.82 Å². The molecule has 1 saturated heterocycles. The van der Waals surface area contributed by atoms with Gasteiger partial charge in [-0.05, 0) is 25.8 Å². The summed E-state index contributed by atoms with van der Waals surface area (Å²) in [5.74, 6) is 1.45. The van der Waals surface area contributed by atoms with E-state index in [2.05, 4.69) is 30.6 Å². The van der Waals surface area contributed by atoms with E-state index in [1.165, 1.54) is 0 Å². The predicted octanol–water partition coefficient (Wildman–Crippen LogP) is 4.11. The summed E-state index contributed by atoms with van der Waals surface area (Å²) in [6.45, 7) is 6.73. The van der Waals surface area contributed by atoms with Crippen molar-refractivity contribution in [1.29, 1.82) is 0 Å². The largest absolute Gasteiger partial charge is 0.373 e. The molecule has 1 radical (unpaired) electrons. The highest BCUT2D eigenvalue weighted by Crippen LogP contribution is 2.39. The van der Waals surface area contributed by atoms with Crippen LogP contribution < -0.4 is 10.6 Å². The summed E-state index contributed by atoms with van der Waals surface area (Å²) in [5, 5.41) is 5.28. The molecule has 1 aliphatic rings. The van der Waals surface area contributed by atoms with E-state index >= 15 is 4.39 Å². The zero-order chi connectivity index (χ0) is 21.3. The number of amides is 2. The number of aromatic amines is 1. The number of ether oxygens (including phenoxy) is 1. The van der Waals surface area contributed by atoms with Gasteiger partial charge in [0.15, 0.2) is 0 Å². The number of rotatable bonds is 5. The van der Waals surface area contributed by atoms with Crippen molar-refractivity contribution in [3.05, 3.63) is 41.6 Å². The molecule has 3 heterocycles. The van der Waals surface area contributed by atoms with Crippen LogP contribution in [0.5, 0.6) is 0 Å². The molecule has 3 N–H and O–H groups in total. The molecule has 0 spiro atoms. The number of carbonyl (C=O) groups is 1. The third-order valence-electron chi connectivity index (χ3n) is 4.99. The average molecular weight is 411 g/mol. The number of halogens is 1. The molecule has 0 bridgehead atoms. The van der Waals surface area contributed by atoms with Gasteiger partial charge in [-0.25, -0.2) is 24.1 Å². The summed E-state index contributed by atoms with van der Waals surface area (Å²) in [7, 11) is 0. The quantitative estimate of drug-likeness (QED) is 0.586. The molecule has 3 aromatic rings. The first-order valence-corrected chi connectivity index (χ1v) is 9.99. The van der Waals surface area contributed by atoms with Crippen LogP contribution in [0.15, 0.2) is 18.5 Å². The second-order valence-corrected chi connectivity index (χ2v) is 7.41. The lowest BCUT2D eigenvalue weighted by Gasteiger charge is -2.15. The first kappa shape index (κ1) is 20.2. The predicted molar refractivity (Wildman–Crippen MR) is 111 cm³/mol. The number of benzene rings is 1. The van der Waals surface area contributed by atoms with E-state index in [9.17, 15) is 4.79 Å². The minimum absolute atomic E-state index is 0.245. The fourth-order valence-corrected chi connectivity index (χ4v) is 3.57. The SMILES string of the molecule is CCNC(=O)Nc1nc2cc(-c3cnc([C](C)C)nc3)c(F)c([C@H]3CCCO3)c2[nH]1. The van der Waals surface area contributed by atoms with Crippen molar-refractivity contribution in [1.82, 2.24) is 25.3 Å². The molecule has 30 heavy (non-hydrogen) atoms. The van der Waals surface area contributed by atoms with Gasteiger partial charge in [0.05, 0.1) is 17.1 Å². The molecule has 0 unspecified atom stereocenters. The minimum Gasteiger partial charge on any atom is -0.373 e. The lowest BCUT2D eigenvalue weighted by atomic mass is 9.98. The van der Waals surface area contributed by atoms with Gasteiger partial charge in [0, 0.05) is 48.2 Å². The molecular formula is C21H24FN6O2. The van der Waals surface area contributed by atoms with Crippen LogP contribution in [0.4, 0.5) is 15.1 Å². The van der Waals surface area contributed by atoms with Crippen LogP contribution >= 0.6 is 0 Å². The zero-order valence-electron chi connectivity index (χ0n) is 17.2. The van der Waals surface area contributed by atoms with Crippen LogP contribution in [0.3, 0.4) is 0 Å². The van der Waals surface area contributed by atoms with E-state index in [1.54, 1.807) is 18.5 Å². The molecule has 4 rings (SSSR count). The highest BCUT2D eigenvalue weighted by atomic mass is 19.1. The standard InChI is InChI=1S/C21H24FN6O2/c1-4-23-21(29)28-20-26-14-8-13(12-9-24-19(11(2)3)25-10-12)17(22)16(18(14)27-20)15-6-5-7-30-15/h8-10,15H,4-7H2,1-3H3,(H3,23,26,27,28,29)/t15-/m1/s1. The molecule has 0 saturated carbocycles. The van der Waals surface area contributed by atoms with Crippen LogP contribution in [0, 0.1) is 11.7 Å². The number of aromatic nitrogens is 4. The summed E-state index contributed by atoms with van der Waals surface area (Å²) in [5.41, 5.74) is 2.37. The van der Waals surface area contributed by atoms with Crippen molar-refractivity contribution < 1.29 is 13.9 Å². The molecule has 8 nitrogen and oxygen atoms in total. The number of carbonyl (C=O) groups excluding carboxylic acids is 1. The van der Waals surface area contributed by atoms with Crippen molar-refractivity contribution in [2.45, 2.75) is 39.7 Å². The number of fused-ring (bicyclic) bond motifs is 1. The van der Waals surface area contributed by atoms with Crippen LogP contribution in [0.25, 0.3) is 22.2 Å². The molecule has 1 aliphatic heterocycles. The number of anilines is 1. The molecule has 1 fully saturated rings. The lowest BCUT2D eigenvalue weighted by Crippen LogP contribution is -2.28. The third-order valence-corrected chi connectivity index (χ3v) is 4.99. The molecule has 1 atom stereocenters. The Balaban J connectivity index is 1.82. The molecule has 2 amide bonds. The number of H-pyrrole nitrogens is 1. The first-order chi connectivity index (χ1) is 14.5. The minimum atomic E-state index is -0.392. The number of urea groups is 1. The van der Waals surface area contributed by atoms with Gasteiger partial charge in [0.25, 0.3) is 0 Å². The topological polar surface area (TPSA) is 105 Å². The molecule has 9 heteroatoms. The Labute approximate surface area is 173 Å². The van der Waals surface area contributed by atoms with Gasteiger partial charge in [-0.15, -0.1) is 0 Å². The molecule has 0 aliphatic carbocycles. The second kappa shape index (κ2) is 8.35. The lowest BCUT2D eigenvalue weighted by molar-refractivity contribution is 0.110. The zero-order valence-corrected chi connectivity index (χ0v) is 17.2. The van der Waals surface area contributed by atoms with Crippen LogP contribution in [0.1, 0.15) is 51.1 Å². The maximum Gasteiger partial charge on any atom is 0.321 e. The Morgan fingerprint density at radius 3 is 2.73 bits per heavy atom. The monoisotopic (exact) mass is 411 g/mol. The fourth-order valence-electron chi connectivity index (χ4n) is 3.57. The molecule has 2 aromatic heterocycles. The van der Waals surface area contributed by atoms with E-state index in [0.29, 0.717) is 53.1 Å². The highest BCUT2D eigenvalue weighted by Gasteiger charge is 2.28. The molecule has 157 valence electrons. The van der Waals surface area contributed by atoms with Crippen LogP contribution in [0.2, 0.25) is 0 Å². The van der Waals surface area contributed by atoms with Gasteiger partial charge < -0.3 is 15.0 Å². The van der Waals surface area contributed by atoms with Crippen LogP contribution in [-0.4, -0.2) is 39.1 Å². The summed E-state index contributed by atoms with van der Waals surface area (Å²) < 4.78 is 21.5.